The van der Waals surface area contributed by atoms with Gasteiger partial charge in [0.15, 0.2) is 0 Å². The van der Waals surface area contributed by atoms with Crippen molar-refractivity contribution in [3.05, 3.63) is 83.9 Å². The van der Waals surface area contributed by atoms with E-state index in [0.29, 0.717) is 25.1 Å². The third-order valence-electron chi connectivity index (χ3n) is 14.3. The van der Waals surface area contributed by atoms with E-state index in [1.54, 1.807) is 12.1 Å². The van der Waals surface area contributed by atoms with Crippen molar-refractivity contribution in [1.82, 2.24) is 9.80 Å². The summed E-state index contributed by atoms with van der Waals surface area (Å²) in [5.74, 6) is 3.04. The monoisotopic (exact) mass is 975 g/mol. The number of fused-ring (bicyclic) bond motifs is 2. The van der Waals surface area contributed by atoms with Crippen LogP contribution in [0.1, 0.15) is 144 Å². The fourth-order valence-corrected chi connectivity index (χ4v) is 10.9. The molecule has 2 saturated carbocycles. The molecule has 0 spiro atoms. The first kappa shape index (κ1) is 57.3. The zero-order chi connectivity index (χ0) is 47.8. The zero-order valence-corrected chi connectivity index (χ0v) is 41.8. The maximum atomic E-state index is 11.9. The van der Waals surface area contributed by atoms with Crippen LogP contribution in [-0.2, 0) is 46.5 Å². The van der Waals surface area contributed by atoms with E-state index in [1.165, 1.54) is 60.4 Å². The van der Waals surface area contributed by atoms with Crippen LogP contribution in [0.25, 0.3) is 21.5 Å². The molecule has 2 heterocycles. The Labute approximate surface area is 415 Å². The van der Waals surface area contributed by atoms with Gasteiger partial charge in [0, 0.05) is 13.1 Å². The number of ether oxygens (including phenoxy) is 3. The lowest BCUT2D eigenvalue weighted by Gasteiger charge is -2.30. The van der Waals surface area contributed by atoms with Crippen molar-refractivity contribution in [3.63, 3.8) is 0 Å². The summed E-state index contributed by atoms with van der Waals surface area (Å²) < 4.78 is 43.2. The fourth-order valence-electron chi connectivity index (χ4n) is 10.3. The van der Waals surface area contributed by atoms with Gasteiger partial charge in [-0.3, -0.25) is 23.6 Å². The number of phenolic OH excluding ortho intramolecular Hbond substituents is 1. The minimum absolute atomic E-state index is 0. The largest absolute Gasteiger partial charge is 0.508 e. The smallest absolute Gasteiger partial charge is 0.309 e. The molecule has 8 rings (SSSR count). The van der Waals surface area contributed by atoms with Crippen LogP contribution in [0.4, 0.5) is 0 Å². The summed E-state index contributed by atoms with van der Waals surface area (Å²) in [5, 5.41) is 14.2. The van der Waals surface area contributed by atoms with Crippen LogP contribution in [0.5, 0.6) is 11.5 Å². The highest BCUT2D eigenvalue weighted by atomic mass is 32.2. The van der Waals surface area contributed by atoms with Crippen molar-refractivity contribution in [2.75, 3.05) is 45.6 Å². The van der Waals surface area contributed by atoms with Crippen molar-refractivity contribution in [1.29, 1.82) is 0 Å². The second kappa shape index (κ2) is 28.6. The number of esters is 2. The van der Waals surface area contributed by atoms with Crippen LogP contribution < -0.4 is 4.74 Å². The molecule has 2 saturated heterocycles. The summed E-state index contributed by atoms with van der Waals surface area (Å²) >= 11 is 0. The van der Waals surface area contributed by atoms with Gasteiger partial charge in [-0.15, -0.1) is 0 Å². The number of nitrogens with zero attached hydrogens (tertiary/aromatic N) is 2. The summed E-state index contributed by atoms with van der Waals surface area (Å²) in [6.07, 6.45) is 16.5. The Morgan fingerprint density at radius 2 is 0.957 bits per heavy atom. The number of aromatic hydroxyl groups is 1. The fraction of sp³-hybridized carbons (Fsp3) is 0.614. The van der Waals surface area contributed by atoms with Gasteiger partial charge in [-0.25, -0.2) is 0 Å². The van der Waals surface area contributed by atoms with Crippen LogP contribution in [-0.4, -0.2) is 93.1 Å². The molecule has 2 aliphatic heterocycles. The molecular weight excluding hydrogens is 889 g/mol. The predicted octanol–water partition coefficient (Wildman–Crippen LogP) is 12.5. The Balaban J connectivity index is 0.000000241. The van der Waals surface area contributed by atoms with E-state index in [1.807, 2.05) is 19.9 Å². The Hall–Kier alpha value is -4.23. The number of hydrogen-bond acceptors (Lipinski definition) is 11. The van der Waals surface area contributed by atoms with Gasteiger partial charge >= 0.3 is 11.9 Å². The van der Waals surface area contributed by atoms with Crippen LogP contribution in [0.15, 0.2) is 72.8 Å². The van der Waals surface area contributed by atoms with E-state index in [-0.39, 0.29) is 44.7 Å². The van der Waals surface area contributed by atoms with E-state index in [2.05, 4.69) is 78.2 Å². The maximum Gasteiger partial charge on any atom is 0.309 e. The lowest BCUT2D eigenvalue weighted by atomic mass is 9.86. The standard InChI is InChI=1S/C27H37NO3.C19H23NO3.C9H18O3S.2CH4/c1-3-20-6-10-25(11-7-20)31-26-12-9-23-17-21(5-8-24(23)18-26)19-28-15-13-22(14-16-28)27(29)30-4-2;1-2-23-19(22)15-7-9-20(10-8-15)13-14-3-4-17-12-18(21)6-5-16(17)11-14;1-3-8-4-6-9(7-5-8)12-13(2,10)11;;/h5,8-9,12,17-18,20,22,25H,3-4,6-7,10-11,13-16,19H2,1-2H3;3-6,11-12,15,21H,2,7-10,13H2,1H3;8-9H,3-7H2,1-2H3;2*1H4. The highest BCUT2D eigenvalue weighted by molar-refractivity contribution is 7.86. The average molecular weight is 975 g/mol. The molecule has 0 unspecified atom stereocenters. The van der Waals surface area contributed by atoms with Crippen molar-refractivity contribution in [2.45, 2.75) is 158 Å². The van der Waals surface area contributed by atoms with E-state index in [4.69, 9.17) is 18.4 Å². The number of hydrogen-bond donors (Lipinski definition) is 1. The number of likely N-dealkylation sites (tertiary alicyclic amines) is 2. The second-order valence-electron chi connectivity index (χ2n) is 19.3. The van der Waals surface area contributed by atoms with Crippen molar-refractivity contribution in [3.8, 4) is 11.5 Å². The average Bonchev–Trinajstić information content (AvgIpc) is 3.33. The lowest BCUT2D eigenvalue weighted by Crippen LogP contribution is -2.36. The van der Waals surface area contributed by atoms with Gasteiger partial charge in [-0.2, -0.15) is 8.42 Å². The molecule has 4 aromatic rings. The minimum atomic E-state index is -3.25. The van der Waals surface area contributed by atoms with Crippen LogP contribution in [0.2, 0.25) is 0 Å². The van der Waals surface area contributed by atoms with Gasteiger partial charge in [-0.05, 0) is 198 Å². The highest BCUT2D eigenvalue weighted by Gasteiger charge is 2.28. The van der Waals surface area contributed by atoms with Gasteiger partial charge in [0.05, 0.1) is 43.5 Å². The number of benzene rings is 4. The predicted molar refractivity (Wildman–Crippen MR) is 281 cm³/mol. The molecule has 69 heavy (non-hydrogen) atoms. The molecule has 0 aromatic heterocycles. The first-order valence-corrected chi connectivity index (χ1v) is 27.2. The Kier molecular flexibility index (Phi) is 23.8. The highest BCUT2D eigenvalue weighted by Crippen LogP contribution is 2.32. The molecule has 4 aromatic carbocycles. The molecule has 384 valence electrons. The summed E-state index contributed by atoms with van der Waals surface area (Å²) in [7, 11) is -3.25. The zero-order valence-electron chi connectivity index (χ0n) is 41.0. The first-order valence-electron chi connectivity index (χ1n) is 25.4. The molecule has 0 amide bonds. The maximum absolute atomic E-state index is 11.9. The number of piperidine rings is 2. The van der Waals surface area contributed by atoms with Crippen LogP contribution in [0.3, 0.4) is 0 Å². The number of carbonyl (C=O) groups excluding carboxylic acids is 2. The lowest BCUT2D eigenvalue weighted by molar-refractivity contribution is -0.150. The Morgan fingerprint density at radius 1 is 0.551 bits per heavy atom. The van der Waals surface area contributed by atoms with E-state index in [0.717, 1.165) is 125 Å². The molecule has 0 radical (unpaired) electrons. The number of rotatable bonds is 14. The molecule has 12 heteroatoms. The second-order valence-corrected chi connectivity index (χ2v) is 20.9. The molecule has 1 N–H and O–H groups in total. The quantitative estimate of drug-likeness (QED) is 0.0956. The van der Waals surface area contributed by atoms with Crippen molar-refractivity contribution in [2.24, 2.45) is 23.7 Å². The first-order chi connectivity index (χ1) is 32.3. The molecule has 11 nitrogen and oxygen atoms in total. The third kappa shape index (κ3) is 18.5. The molecule has 2 aliphatic carbocycles. The van der Waals surface area contributed by atoms with Crippen LogP contribution in [0, 0.1) is 23.7 Å². The summed E-state index contributed by atoms with van der Waals surface area (Å²) in [6.45, 7) is 14.7. The number of phenols is 1. The van der Waals surface area contributed by atoms with Crippen molar-refractivity contribution >= 4 is 43.6 Å². The van der Waals surface area contributed by atoms with Crippen LogP contribution >= 0.6 is 0 Å². The topological polar surface area (TPSA) is 132 Å². The van der Waals surface area contributed by atoms with E-state index < -0.39 is 10.1 Å². The molecule has 0 bridgehead atoms. The van der Waals surface area contributed by atoms with Gasteiger partial charge in [0.25, 0.3) is 10.1 Å². The number of carbonyl (C=O) groups is 2. The molecule has 4 aliphatic rings. The Bertz CT molecular complexity index is 2270. The molecular formula is C57H86N2O9S. The van der Waals surface area contributed by atoms with E-state index >= 15 is 0 Å². The normalized spacial score (nSPS) is 21.6. The molecule has 4 fully saturated rings. The van der Waals surface area contributed by atoms with Gasteiger partial charge in [-0.1, -0.05) is 77.9 Å². The summed E-state index contributed by atoms with van der Waals surface area (Å²) in [5.41, 5.74) is 2.59. The van der Waals surface area contributed by atoms with E-state index in [9.17, 15) is 23.1 Å². The summed E-state index contributed by atoms with van der Waals surface area (Å²) in [6, 6.07) is 25.0. The van der Waals surface area contributed by atoms with Gasteiger partial charge in [0.1, 0.15) is 11.5 Å². The molecule has 0 atom stereocenters. The van der Waals surface area contributed by atoms with Gasteiger partial charge < -0.3 is 19.3 Å². The SMILES string of the molecule is C.C.CCC1CCC(OS(C)(=O)=O)CC1.CCOC(=O)C1CCN(Cc2ccc3cc(O)ccc3c2)CC1.CCOC(=O)C1CCN(Cc2ccc3cc(OC4CCC(CC)CC4)ccc3c2)CC1. The summed E-state index contributed by atoms with van der Waals surface area (Å²) in [4.78, 5) is 28.5. The minimum Gasteiger partial charge on any atom is -0.508 e. The third-order valence-corrected chi connectivity index (χ3v) is 15.0. The van der Waals surface area contributed by atoms with Gasteiger partial charge in [0.2, 0.25) is 0 Å². The Morgan fingerprint density at radius 3 is 1.39 bits per heavy atom. The van der Waals surface area contributed by atoms with Crippen molar-refractivity contribution < 1.29 is 41.5 Å².